The number of alkyl halides is 3. The minimum absolute atomic E-state index is 0.0377. The summed E-state index contributed by atoms with van der Waals surface area (Å²) in [5.41, 5.74) is 0. The molecular formula is C16H24F3N5O. The normalized spacial score (nSPS) is 24.2. The number of hydrogen-bond acceptors (Lipinski definition) is 3. The van der Waals surface area contributed by atoms with Crippen molar-refractivity contribution in [1.29, 1.82) is 0 Å². The lowest BCUT2D eigenvalue weighted by Crippen LogP contribution is -2.50. The summed E-state index contributed by atoms with van der Waals surface area (Å²) in [7, 11) is 1.58. The zero-order valence-electron chi connectivity index (χ0n) is 14.3. The molecule has 3 rings (SSSR count). The highest BCUT2D eigenvalue weighted by molar-refractivity contribution is 5.74. The van der Waals surface area contributed by atoms with Gasteiger partial charge in [-0.3, -0.25) is 4.90 Å². The van der Waals surface area contributed by atoms with E-state index in [0.29, 0.717) is 6.04 Å². The Kier molecular flexibility index (Phi) is 5.21. The van der Waals surface area contributed by atoms with Crippen molar-refractivity contribution in [1.82, 2.24) is 24.7 Å². The van der Waals surface area contributed by atoms with Gasteiger partial charge >= 0.3 is 12.2 Å². The Morgan fingerprint density at radius 1 is 1.36 bits per heavy atom. The first-order chi connectivity index (χ1) is 11.8. The molecule has 2 aliphatic rings. The van der Waals surface area contributed by atoms with Crippen molar-refractivity contribution in [3.8, 4) is 0 Å². The van der Waals surface area contributed by atoms with Gasteiger partial charge in [0, 0.05) is 38.1 Å². The summed E-state index contributed by atoms with van der Waals surface area (Å²) in [4.78, 5) is 20.2. The minimum atomic E-state index is -4.31. The van der Waals surface area contributed by atoms with Crippen molar-refractivity contribution in [2.45, 2.75) is 57.0 Å². The zero-order valence-corrected chi connectivity index (χ0v) is 14.3. The third-order valence-corrected chi connectivity index (χ3v) is 5.04. The smallest absolute Gasteiger partial charge is 0.334 e. The van der Waals surface area contributed by atoms with E-state index in [1.165, 1.54) is 30.1 Å². The fourth-order valence-corrected chi connectivity index (χ4v) is 3.80. The van der Waals surface area contributed by atoms with Crippen LogP contribution in [-0.2, 0) is 13.1 Å². The molecule has 1 N–H and O–H groups in total. The highest BCUT2D eigenvalue weighted by Crippen LogP contribution is 2.27. The molecule has 3 heterocycles. The van der Waals surface area contributed by atoms with Crippen LogP contribution in [0, 0.1) is 0 Å². The molecule has 9 heteroatoms. The van der Waals surface area contributed by atoms with Gasteiger partial charge in [0.15, 0.2) is 0 Å². The first kappa shape index (κ1) is 18.0. The number of halogens is 3. The number of carbonyl (C=O) groups is 1. The van der Waals surface area contributed by atoms with Crippen molar-refractivity contribution in [2.24, 2.45) is 0 Å². The van der Waals surface area contributed by atoms with Gasteiger partial charge in [-0.25, -0.2) is 9.78 Å². The van der Waals surface area contributed by atoms with Gasteiger partial charge in [0.2, 0.25) is 0 Å². The molecule has 25 heavy (non-hydrogen) atoms. The van der Waals surface area contributed by atoms with Gasteiger partial charge in [0.25, 0.3) is 0 Å². The number of aromatic nitrogens is 2. The third kappa shape index (κ3) is 4.45. The second-order valence-corrected chi connectivity index (χ2v) is 6.89. The number of piperidine rings is 1. The molecule has 2 atom stereocenters. The van der Waals surface area contributed by atoms with Crippen LogP contribution in [0.15, 0.2) is 12.4 Å². The molecule has 2 saturated heterocycles. The molecule has 1 aromatic heterocycles. The first-order valence-corrected chi connectivity index (χ1v) is 8.66. The molecule has 1 aromatic rings. The van der Waals surface area contributed by atoms with Crippen LogP contribution in [0.25, 0.3) is 0 Å². The van der Waals surface area contributed by atoms with Crippen molar-refractivity contribution in [3.05, 3.63) is 18.2 Å². The second kappa shape index (κ2) is 7.23. The van der Waals surface area contributed by atoms with Crippen molar-refractivity contribution in [3.63, 3.8) is 0 Å². The van der Waals surface area contributed by atoms with E-state index in [1.54, 1.807) is 7.05 Å². The molecule has 0 aliphatic carbocycles. The Morgan fingerprint density at radius 2 is 2.16 bits per heavy atom. The van der Waals surface area contributed by atoms with Crippen molar-refractivity contribution >= 4 is 6.03 Å². The molecular weight excluding hydrogens is 335 g/mol. The van der Waals surface area contributed by atoms with Gasteiger partial charge in [-0.05, 0) is 25.8 Å². The lowest BCUT2D eigenvalue weighted by atomic mass is 9.99. The molecule has 2 amide bonds. The topological polar surface area (TPSA) is 53.4 Å². The Hall–Kier alpha value is -1.77. The van der Waals surface area contributed by atoms with E-state index in [9.17, 15) is 18.0 Å². The van der Waals surface area contributed by atoms with E-state index < -0.39 is 12.7 Å². The van der Waals surface area contributed by atoms with Crippen LogP contribution < -0.4 is 5.32 Å². The number of amides is 2. The molecule has 0 bridgehead atoms. The van der Waals surface area contributed by atoms with Gasteiger partial charge in [-0.15, -0.1) is 0 Å². The SMILES string of the molecule is CN(Cc1nccn1CC(F)(F)F)C(=O)N[C@@H]1CCN2CCCC[C@@H]12. The highest BCUT2D eigenvalue weighted by Gasteiger charge is 2.36. The summed E-state index contributed by atoms with van der Waals surface area (Å²) >= 11 is 0. The van der Waals surface area contributed by atoms with Crippen LogP contribution in [0.2, 0.25) is 0 Å². The fourth-order valence-electron chi connectivity index (χ4n) is 3.80. The number of rotatable bonds is 4. The molecule has 2 fully saturated rings. The zero-order chi connectivity index (χ0) is 18.0. The Balaban J connectivity index is 1.56. The summed E-state index contributed by atoms with van der Waals surface area (Å²) in [6, 6.07) is 0.238. The van der Waals surface area contributed by atoms with Crippen LogP contribution in [0.3, 0.4) is 0 Å². The van der Waals surface area contributed by atoms with Crippen LogP contribution in [0.5, 0.6) is 0 Å². The minimum Gasteiger partial charge on any atom is -0.334 e. The van der Waals surface area contributed by atoms with Crippen LogP contribution >= 0.6 is 0 Å². The van der Waals surface area contributed by atoms with E-state index >= 15 is 0 Å². The Bertz CT molecular complexity index is 603. The largest absolute Gasteiger partial charge is 0.406 e. The predicted octanol–water partition coefficient (Wildman–Crippen LogP) is 2.21. The van der Waals surface area contributed by atoms with Crippen molar-refractivity contribution < 1.29 is 18.0 Å². The molecule has 140 valence electrons. The standard InChI is InChI=1S/C16H24F3N5O/c1-22(10-14-20-6-9-24(14)11-16(17,18)19)15(25)21-12-5-8-23-7-3-2-4-13(12)23/h6,9,12-13H,2-5,7-8,10-11H2,1H3,(H,21,25)/t12-,13+/m1/s1. The quantitative estimate of drug-likeness (QED) is 0.897. The third-order valence-electron chi connectivity index (χ3n) is 5.04. The van der Waals surface area contributed by atoms with E-state index in [1.807, 2.05) is 0 Å². The lowest BCUT2D eigenvalue weighted by Gasteiger charge is -2.33. The van der Waals surface area contributed by atoms with E-state index in [0.717, 1.165) is 30.5 Å². The summed E-state index contributed by atoms with van der Waals surface area (Å²) in [5, 5.41) is 3.04. The van der Waals surface area contributed by atoms with Gasteiger partial charge < -0.3 is 14.8 Å². The summed E-state index contributed by atoms with van der Waals surface area (Å²) in [5.74, 6) is 0.223. The maximum atomic E-state index is 12.6. The van der Waals surface area contributed by atoms with E-state index in [2.05, 4.69) is 15.2 Å². The van der Waals surface area contributed by atoms with Crippen LogP contribution in [0.1, 0.15) is 31.5 Å². The number of imidazole rings is 1. The molecule has 6 nitrogen and oxygen atoms in total. The van der Waals surface area contributed by atoms with Crippen LogP contribution in [0.4, 0.5) is 18.0 Å². The second-order valence-electron chi connectivity index (χ2n) is 6.89. The molecule has 0 saturated carbocycles. The maximum Gasteiger partial charge on any atom is 0.406 e. The Morgan fingerprint density at radius 3 is 2.92 bits per heavy atom. The number of urea groups is 1. The maximum absolute atomic E-state index is 12.6. The molecule has 0 unspecified atom stereocenters. The van der Waals surface area contributed by atoms with Gasteiger partial charge in [0.1, 0.15) is 12.4 Å². The summed E-state index contributed by atoms with van der Waals surface area (Å²) in [6.45, 7) is 1.02. The predicted molar refractivity (Wildman–Crippen MR) is 85.9 cm³/mol. The Labute approximate surface area is 145 Å². The van der Waals surface area contributed by atoms with E-state index in [-0.39, 0.29) is 24.4 Å². The highest BCUT2D eigenvalue weighted by atomic mass is 19.4. The number of hydrogen-bond donors (Lipinski definition) is 1. The number of fused-ring (bicyclic) bond motifs is 1. The molecule has 0 aromatic carbocycles. The number of carbonyl (C=O) groups excluding carboxylic acids is 1. The number of nitrogens with one attached hydrogen (secondary N) is 1. The molecule has 0 spiro atoms. The van der Waals surface area contributed by atoms with Gasteiger partial charge in [-0.2, -0.15) is 13.2 Å². The molecule has 0 radical (unpaired) electrons. The van der Waals surface area contributed by atoms with E-state index in [4.69, 9.17) is 0 Å². The number of nitrogens with zero attached hydrogens (tertiary/aromatic N) is 4. The lowest BCUT2D eigenvalue weighted by molar-refractivity contribution is -0.141. The fraction of sp³-hybridized carbons (Fsp3) is 0.750. The van der Waals surface area contributed by atoms with Crippen molar-refractivity contribution in [2.75, 3.05) is 20.1 Å². The van der Waals surface area contributed by atoms with Gasteiger partial charge in [0.05, 0.1) is 6.54 Å². The monoisotopic (exact) mass is 359 g/mol. The summed E-state index contributed by atoms with van der Waals surface area (Å²) in [6.07, 6.45) is 2.69. The first-order valence-electron chi connectivity index (χ1n) is 8.66. The molecule has 2 aliphatic heterocycles. The average molecular weight is 359 g/mol. The van der Waals surface area contributed by atoms with Gasteiger partial charge in [-0.1, -0.05) is 6.42 Å². The average Bonchev–Trinajstić information content (AvgIpc) is 3.13. The summed E-state index contributed by atoms with van der Waals surface area (Å²) < 4.78 is 38.8. The van der Waals surface area contributed by atoms with Crippen LogP contribution in [-0.4, -0.2) is 63.8 Å².